The Labute approximate surface area is 130 Å². The van der Waals surface area contributed by atoms with Crippen molar-refractivity contribution in [3.63, 3.8) is 0 Å². The molecule has 0 spiro atoms. The summed E-state index contributed by atoms with van der Waals surface area (Å²) in [5.41, 5.74) is -0.535. The van der Waals surface area contributed by atoms with Gasteiger partial charge in [-0.25, -0.2) is 0 Å². The molecule has 1 rings (SSSR count). The molecule has 124 valence electrons. The molecule has 0 aromatic carbocycles. The summed E-state index contributed by atoms with van der Waals surface area (Å²) in [7, 11) is 3.65. The number of unbranched alkanes of at least 4 members (excludes halogenated alkanes) is 1. The molecular weight excluding hydrogens is 266 g/mol. The van der Waals surface area contributed by atoms with Crippen molar-refractivity contribution in [2.24, 2.45) is 0 Å². The van der Waals surface area contributed by atoms with Crippen LogP contribution < -0.4 is 5.32 Å². The Morgan fingerprint density at radius 2 is 1.90 bits per heavy atom. The Morgan fingerprint density at radius 3 is 2.48 bits per heavy atom. The Bertz CT molecular complexity index is 304. The summed E-state index contributed by atoms with van der Waals surface area (Å²) < 4.78 is 4.95. The van der Waals surface area contributed by atoms with Crippen LogP contribution in [-0.2, 0) is 9.53 Å². The van der Waals surface area contributed by atoms with Crippen molar-refractivity contribution in [3.05, 3.63) is 0 Å². The van der Waals surface area contributed by atoms with Gasteiger partial charge in [-0.05, 0) is 52.7 Å². The predicted molar refractivity (Wildman–Crippen MR) is 86.5 cm³/mol. The number of hydrogen-bond acceptors (Lipinski definition) is 5. The number of ether oxygens (including phenoxy) is 1. The van der Waals surface area contributed by atoms with Gasteiger partial charge >= 0.3 is 5.97 Å². The zero-order valence-electron chi connectivity index (χ0n) is 14.3. The lowest BCUT2D eigenvalue weighted by atomic mass is 9.94. The maximum absolute atomic E-state index is 12.0. The van der Waals surface area contributed by atoms with Crippen LogP contribution in [0.5, 0.6) is 0 Å². The first kappa shape index (κ1) is 18.4. The molecule has 0 radical (unpaired) electrons. The van der Waals surface area contributed by atoms with Gasteiger partial charge in [0.1, 0.15) is 5.54 Å². The third-order valence-corrected chi connectivity index (χ3v) is 4.40. The summed E-state index contributed by atoms with van der Waals surface area (Å²) in [6.45, 7) is 10.7. The van der Waals surface area contributed by atoms with Crippen LogP contribution in [0.2, 0.25) is 0 Å². The van der Waals surface area contributed by atoms with Gasteiger partial charge in [-0.3, -0.25) is 4.79 Å². The summed E-state index contributed by atoms with van der Waals surface area (Å²) in [6.07, 6.45) is 4.06. The zero-order chi connectivity index (χ0) is 15.7. The van der Waals surface area contributed by atoms with Crippen LogP contribution in [0.25, 0.3) is 0 Å². The normalized spacial score (nSPS) is 20.2. The van der Waals surface area contributed by atoms with E-state index in [2.05, 4.69) is 29.1 Å². The highest BCUT2D eigenvalue weighted by atomic mass is 16.5. The highest BCUT2D eigenvalue weighted by Gasteiger charge is 2.32. The lowest BCUT2D eigenvalue weighted by molar-refractivity contribution is -0.148. The molecule has 21 heavy (non-hydrogen) atoms. The first-order chi connectivity index (χ1) is 10.0. The minimum atomic E-state index is -0.535. The summed E-state index contributed by atoms with van der Waals surface area (Å²) in [5, 5.41) is 3.35. The largest absolute Gasteiger partial charge is 0.468 e. The number of esters is 1. The molecule has 0 aromatic heterocycles. The Kier molecular flexibility index (Phi) is 8.22. The molecule has 5 nitrogen and oxygen atoms in total. The highest BCUT2D eigenvalue weighted by molar-refractivity contribution is 5.80. The number of hydrogen-bond donors (Lipinski definition) is 1. The number of piperazine rings is 1. The van der Waals surface area contributed by atoms with Crippen molar-refractivity contribution in [2.45, 2.75) is 45.1 Å². The van der Waals surface area contributed by atoms with E-state index in [1.807, 2.05) is 6.92 Å². The van der Waals surface area contributed by atoms with Crippen LogP contribution in [-0.4, -0.2) is 74.7 Å². The average Bonchev–Trinajstić information content (AvgIpc) is 2.50. The van der Waals surface area contributed by atoms with Gasteiger partial charge in [-0.2, -0.15) is 0 Å². The van der Waals surface area contributed by atoms with Crippen LogP contribution in [0.4, 0.5) is 0 Å². The van der Waals surface area contributed by atoms with E-state index in [1.54, 1.807) is 0 Å². The van der Waals surface area contributed by atoms with Gasteiger partial charge in [0.15, 0.2) is 0 Å². The van der Waals surface area contributed by atoms with Crippen molar-refractivity contribution in [1.29, 1.82) is 0 Å². The van der Waals surface area contributed by atoms with E-state index >= 15 is 0 Å². The van der Waals surface area contributed by atoms with Gasteiger partial charge in [-0.15, -0.1) is 0 Å². The zero-order valence-corrected chi connectivity index (χ0v) is 14.3. The number of nitrogens with one attached hydrogen (secondary N) is 1. The van der Waals surface area contributed by atoms with E-state index in [4.69, 9.17) is 4.74 Å². The molecule has 1 aliphatic rings. The van der Waals surface area contributed by atoms with Crippen molar-refractivity contribution in [3.8, 4) is 0 Å². The molecule has 1 saturated heterocycles. The molecule has 1 N–H and O–H groups in total. The lowest BCUT2D eigenvalue weighted by Gasteiger charge is -2.33. The molecule has 0 bridgehead atoms. The molecule has 1 unspecified atom stereocenters. The van der Waals surface area contributed by atoms with Crippen LogP contribution in [0.3, 0.4) is 0 Å². The summed E-state index contributed by atoms with van der Waals surface area (Å²) in [5.74, 6) is -0.143. The van der Waals surface area contributed by atoms with E-state index in [0.29, 0.717) is 0 Å². The second-order valence-electron chi connectivity index (χ2n) is 6.35. The molecule has 5 heteroatoms. The maximum atomic E-state index is 12.0. The van der Waals surface area contributed by atoms with E-state index in [9.17, 15) is 4.79 Å². The van der Waals surface area contributed by atoms with E-state index in [-0.39, 0.29) is 5.97 Å². The fourth-order valence-electron chi connectivity index (χ4n) is 2.77. The number of carbonyl (C=O) groups is 1. The van der Waals surface area contributed by atoms with Crippen LogP contribution in [0.1, 0.15) is 39.5 Å². The monoisotopic (exact) mass is 299 g/mol. The summed E-state index contributed by atoms with van der Waals surface area (Å²) in [4.78, 5) is 16.9. The number of likely N-dealkylation sites (N-methyl/N-ethyl adjacent to an activating group) is 1. The van der Waals surface area contributed by atoms with Crippen molar-refractivity contribution < 1.29 is 9.53 Å². The van der Waals surface area contributed by atoms with Crippen LogP contribution >= 0.6 is 0 Å². The van der Waals surface area contributed by atoms with Gasteiger partial charge in [-0.1, -0.05) is 6.92 Å². The molecule has 0 saturated carbocycles. The molecular formula is C16H33N3O2. The Balaban J connectivity index is 2.28. The topological polar surface area (TPSA) is 44.8 Å². The maximum Gasteiger partial charge on any atom is 0.325 e. The molecule has 1 atom stereocenters. The van der Waals surface area contributed by atoms with Gasteiger partial charge < -0.3 is 19.9 Å². The molecule has 1 heterocycles. The number of methoxy groups -OCH3 is 1. The second-order valence-corrected chi connectivity index (χ2v) is 6.35. The standard InChI is InChI=1S/C16H33N3O2/c1-5-9-17-16(2,15(20)21-4)8-6-7-10-19-13-11-18(3)12-14-19/h17H,5-14H2,1-4H3. The molecule has 0 amide bonds. The molecule has 0 aliphatic carbocycles. The predicted octanol–water partition coefficient (Wildman–Crippen LogP) is 1.34. The van der Waals surface area contributed by atoms with E-state index in [1.165, 1.54) is 20.2 Å². The minimum Gasteiger partial charge on any atom is -0.468 e. The summed E-state index contributed by atoms with van der Waals surface area (Å²) in [6, 6.07) is 0. The smallest absolute Gasteiger partial charge is 0.325 e. The van der Waals surface area contributed by atoms with Gasteiger partial charge in [0.25, 0.3) is 0 Å². The third-order valence-electron chi connectivity index (χ3n) is 4.40. The van der Waals surface area contributed by atoms with Gasteiger partial charge in [0.05, 0.1) is 7.11 Å². The highest BCUT2D eigenvalue weighted by Crippen LogP contribution is 2.16. The number of rotatable bonds is 9. The quantitative estimate of drug-likeness (QED) is 0.514. The molecule has 1 aliphatic heterocycles. The van der Waals surface area contributed by atoms with E-state index in [0.717, 1.165) is 51.9 Å². The fraction of sp³-hybridized carbons (Fsp3) is 0.938. The Hall–Kier alpha value is -0.650. The second kappa shape index (κ2) is 9.38. The molecule has 0 aromatic rings. The number of nitrogens with zero attached hydrogens (tertiary/aromatic N) is 2. The third kappa shape index (κ3) is 6.32. The van der Waals surface area contributed by atoms with Crippen LogP contribution in [0, 0.1) is 0 Å². The lowest BCUT2D eigenvalue weighted by Crippen LogP contribution is -2.50. The first-order valence-electron chi connectivity index (χ1n) is 8.26. The summed E-state index contributed by atoms with van der Waals surface area (Å²) >= 11 is 0. The van der Waals surface area contributed by atoms with Crippen molar-refractivity contribution in [1.82, 2.24) is 15.1 Å². The molecule has 1 fully saturated rings. The van der Waals surface area contributed by atoms with Crippen LogP contribution in [0.15, 0.2) is 0 Å². The minimum absolute atomic E-state index is 0.143. The van der Waals surface area contributed by atoms with E-state index < -0.39 is 5.54 Å². The fourth-order valence-corrected chi connectivity index (χ4v) is 2.77. The first-order valence-corrected chi connectivity index (χ1v) is 8.26. The van der Waals surface area contributed by atoms with Gasteiger partial charge in [0.2, 0.25) is 0 Å². The van der Waals surface area contributed by atoms with Crippen molar-refractivity contribution >= 4 is 5.97 Å². The number of carbonyl (C=O) groups excluding carboxylic acids is 1. The van der Waals surface area contributed by atoms with Gasteiger partial charge in [0, 0.05) is 26.2 Å². The SMILES string of the molecule is CCCNC(C)(CCCCN1CCN(C)CC1)C(=O)OC. The van der Waals surface area contributed by atoms with Crippen molar-refractivity contribution in [2.75, 3.05) is 53.4 Å². The average molecular weight is 299 g/mol. The Morgan fingerprint density at radius 1 is 1.24 bits per heavy atom.